The molecule has 2 heterocycles. The minimum absolute atomic E-state index is 0.119. The van der Waals surface area contributed by atoms with Crippen LogP contribution >= 0.6 is 23.4 Å². The Hall–Kier alpha value is -3.10. The lowest BCUT2D eigenvalue weighted by atomic mass is 10.2. The molecule has 0 radical (unpaired) electrons. The molecule has 7 nitrogen and oxygen atoms in total. The second-order valence-corrected chi connectivity index (χ2v) is 8.59. The molecule has 0 fully saturated rings. The molecule has 0 atom stereocenters. The van der Waals surface area contributed by atoms with Crippen molar-refractivity contribution < 1.29 is 4.79 Å². The number of hydrogen-bond donors (Lipinski definition) is 1. The van der Waals surface area contributed by atoms with Gasteiger partial charge in [-0.3, -0.25) is 18.8 Å². The number of carbonyl (C=O) groups excluding carboxylic acids is 1. The first kappa shape index (κ1) is 22.1. The predicted octanol–water partition coefficient (Wildman–Crippen LogP) is 4.35. The van der Waals surface area contributed by atoms with E-state index in [-0.39, 0.29) is 17.2 Å². The molecule has 32 heavy (non-hydrogen) atoms. The van der Waals surface area contributed by atoms with Gasteiger partial charge in [-0.25, -0.2) is 4.98 Å². The molecular weight excluding hydrogens is 446 g/mol. The second-order valence-electron chi connectivity index (χ2n) is 7.21. The van der Waals surface area contributed by atoms with Crippen molar-refractivity contribution in [2.24, 2.45) is 0 Å². The molecule has 0 saturated carbocycles. The van der Waals surface area contributed by atoms with Crippen LogP contribution in [-0.2, 0) is 17.9 Å². The van der Waals surface area contributed by atoms with Gasteiger partial charge in [0.25, 0.3) is 5.56 Å². The van der Waals surface area contributed by atoms with Crippen molar-refractivity contribution in [2.45, 2.75) is 32.1 Å². The third-order valence-electron chi connectivity index (χ3n) is 4.93. The summed E-state index contributed by atoms with van der Waals surface area (Å²) in [7, 11) is 0. The molecule has 2 aromatic carbocycles. The minimum atomic E-state index is -0.182. The number of hydrogen-bond acceptors (Lipinski definition) is 5. The molecule has 0 saturated heterocycles. The van der Waals surface area contributed by atoms with Crippen LogP contribution in [0.4, 0.5) is 5.69 Å². The number of aryl methyl sites for hydroxylation is 2. The third-order valence-corrected chi connectivity index (χ3v) is 6.15. The number of para-hydroxylation sites is 1. The number of thioether (sulfide) groups is 1. The summed E-state index contributed by atoms with van der Waals surface area (Å²) in [5.41, 5.74) is 3.17. The maximum Gasteiger partial charge on any atom is 0.280 e. The van der Waals surface area contributed by atoms with E-state index in [2.05, 4.69) is 10.4 Å². The molecule has 0 aliphatic heterocycles. The number of nitrogens with zero attached hydrogens (tertiary/aromatic N) is 4. The maximum absolute atomic E-state index is 13.5. The molecular formula is C23H22ClN5O2S. The summed E-state index contributed by atoms with van der Waals surface area (Å²) in [5.74, 6) is -0.0522. The molecule has 0 unspecified atom stereocenters. The first-order valence-electron chi connectivity index (χ1n) is 10.2. The zero-order chi connectivity index (χ0) is 22.7. The van der Waals surface area contributed by atoms with Crippen LogP contribution in [0.15, 0.2) is 64.5 Å². The summed E-state index contributed by atoms with van der Waals surface area (Å²) in [6.07, 6.45) is 0. The number of rotatable bonds is 7. The average Bonchev–Trinajstić information content (AvgIpc) is 3.12. The van der Waals surface area contributed by atoms with Gasteiger partial charge >= 0.3 is 0 Å². The Bertz CT molecular complexity index is 1320. The molecule has 4 rings (SSSR count). The fraction of sp³-hybridized carbons (Fsp3) is 0.217. The van der Waals surface area contributed by atoms with Crippen molar-refractivity contribution >= 4 is 46.0 Å². The monoisotopic (exact) mass is 467 g/mol. The Balaban J connectivity index is 1.69. The molecule has 0 aliphatic rings. The van der Waals surface area contributed by atoms with E-state index in [9.17, 15) is 9.59 Å². The Morgan fingerprint density at radius 2 is 1.84 bits per heavy atom. The summed E-state index contributed by atoms with van der Waals surface area (Å²) in [6.45, 7) is 4.65. The van der Waals surface area contributed by atoms with Crippen LogP contribution in [0.5, 0.6) is 0 Å². The van der Waals surface area contributed by atoms with Gasteiger partial charge < -0.3 is 5.32 Å². The molecule has 0 spiro atoms. The lowest BCUT2D eigenvalue weighted by Crippen LogP contribution is -2.26. The lowest BCUT2D eigenvalue weighted by molar-refractivity contribution is -0.113. The summed E-state index contributed by atoms with van der Waals surface area (Å²) in [6, 6.07) is 16.6. The van der Waals surface area contributed by atoms with Crippen molar-refractivity contribution in [2.75, 3.05) is 11.1 Å². The molecule has 164 valence electrons. The zero-order valence-electron chi connectivity index (χ0n) is 17.7. The summed E-state index contributed by atoms with van der Waals surface area (Å²) in [5, 5.41) is 8.41. The Morgan fingerprint density at radius 1 is 1.12 bits per heavy atom. The Morgan fingerprint density at radius 3 is 2.53 bits per heavy atom. The van der Waals surface area contributed by atoms with Crippen molar-refractivity contribution in [3.05, 3.63) is 81.2 Å². The number of nitrogens with one attached hydrogen (secondary N) is 1. The average molecular weight is 468 g/mol. The fourth-order valence-electron chi connectivity index (χ4n) is 3.39. The van der Waals surface area contributed by atoms with Gasteiger partial charge in [0.05, 0.1) is 18.0 Å². The zero-order valence-corrected chi connectivity index (χ0v) is 19.3. The van der Waals surface area contributed by atoms with E-state index in [1.807, 2.05) is 56.3 Å². The second kappa shape index (κ2) is 9.58. The van der Waals surface area contributed by atoms with E-state index >= 15 is 0 Å². The number of aromatic nitrogens is 4. The highest BCUT2D eigenvalue weighted by molar-refractivity contribution is 7.99. The Kier molecular flexibility index (Phi) is 6.62. The highest BCUT2D eigenvalue weighted by Gasteiger charge is 2.19. The normalized spacial score (nSPS) is 11.1. The van der Waals surface area contributed by atoms with E-state index in [4.69, 9.17) is 16.6 Å². The molecule has 0 bridgehead atoms. The highest BCUT2D eigenvalue weighted by atomic mass is 35.5. The van der Waals surface area contributed by atoms with Crippen molar-refractivity contribution in [1.29, 1.82) is 0 Å². The number of fused-ring (bicyclic) bond motifs is 1. The van der Waals surface area contributed by atoms with Crippen molar-refractivity contribution in [3.8, 4) is 0 Å². The van der Waals surface area contributed by atoms with E-state index in [0.29, 0.717) is 40.0 Å². The predicted molar refractivity (Wildman–Crippen MR) is 129 cm³/mol. The van der Waals surface area contributed by atoms with E-state index in [1.165, 1.54) is 11.8 Å². The van der Waals surface area contributed by atoms with Gasteiger partial charge in [0.15, 0.2) is 10.7 Å². The molecule has 1 amide bonds. The summed E-state index contributed by atoms with van der Waals surface area (Å²) in [4.78, 5) is 30.7. The van der Waals surface area contributed by atoms with Crippen molar-refractivity contribution in [1.82, 2.24) is 19.3 Å². The number of halogens is 1. The van der Waals surface area contributed by atoms with E-state index in [1.54, 1.807) is 21.4 Å². The van der Waals surface area contributed by atoms with Gasteiger partial charge in [0.1, 0.15) is 5.52 Å². The van der Waals surface area contributed by atoms with Crippen LogP contribution in [0.3, 0.4) is 0 Å². The van der Waals surface area contributed by atoms with Crippen LogP contribution in [0.25, 0.3) is 11.0 Å². The van der Waals surface area contributed by atoms with Gasteiger partial charge in [-0.2, -0.15) is 5.10 Å². The van der Waals surface area contributed by atoms with Gasteiger partial charge in [0.2, 0.25) is 5.91 Å². The van der Waals surface area contributed by atoms with Crippen LogP contribution in [-0.4, -0.2) is 31.0 Å². The number of carbonyl (C=O) groups is 1. The van der Waals surface area contributed by atoms with Gasteiger partial charge in [-0.15, -0.1) is 0 Å². The van der Waals surface area contributed by atoms with Crippen molar-refractivity contribution in [3.63, 3.8) is 0 Å². The van der Waals surface area contributed by atoms with E-state index in [0.717, 1.165) is 11.3 Å². The van der Waals surface area contributed by atoms with Crippen LogP contribution < -0.4 is 10.9 Å². The number of anilines is 1. The van der Waals surface area contributed by atoms with Gasteiger partial charge in [-0.1, -0.05) is 53.7 Å². The molecule has 9 heteroatoms. The number of benzene rings is 2. The fourth-order valence-corrected chi connectivity index (χ4v) is 4.31. The summed E-state index contributed by atoms with van der Waals surface area (Å²) < 4.78 is 3.27. The summed E-state index contributed by atoms with van der Waals surface area (Å²) >= 11 is 7.24. The van der Waals surface area contributed by atoms with Crippen LogP contribution in [0, 0.1) is 6.92 Å². The highest BCUT2D eigenvalue weighted by Crippen LogP contribution is 2.22. The molecule has 0 aliphatic carbocycles. The first-order valence-corrected chi connectivity index (χ1v) is 11.5. The smallest absolute Gasteiger partial charge is 0.280 e. The number of amides is 1. The molecule has 2 aromatic heterocycles. The quantitative estimate of drug-likeness (QED) is 0.322. The van der Waals surface area contributed by atoms with Crippen LogP contribution in [0.2, 0.25) is 5.02 Å². The van der Waals surface area contributed by atoms with Crippen LogP contribution in [0.1, 0.15) is 18.2 Å². The minimum Gasteiger partial charge on any atom is -0.325 e. The van der Waals surface area contributed by atoms with Gasteiger partial charge in [-0.05, 0) is 43.7 Å². The molecule has 4 aromatic rings. The largest absolute Gasteiger partial charge is 0.325 e. The maximum atomic E-state index is 13.5. The SMILES string of the molecule is CCn1nc(C)c2nc(SCC(=O)Nc3ccccc3)n(Cc3ccc(Cl)cc3)c(=O)c21. The topological polar surface area (TPSA) is 81.8 Å². The third kappa shape index (κ3) is 4.71. The van der Waals surface area contributed by atoms with Gasteiger partial charge in [0, 0.05) is 17.3 Å². The first-order chi connectivity index (χ1) is 15.5. The standard InChI is InChI=1S/C23H22ClN5O2S/c1-3-29-21-20(15(2)27-29)26-23(32-14-19(30)25-18-7-5-4-6-8-18)28(22(21)31)13-16-9-11-17(24)12-10-16/h4-12H,3,13-14H2,1-2H3,(H,25,30). The van der Waals surface area contributed by atoms with E-state index < -0.39 is 0 Å². The molecule has 1 N–H and O–H groups in total. The lowest BCUT2D eigenvalue weighted by Gasteiger charge is -2.13. The Labute approximate surface area is 194 Å².